The lowest BCUT2D eigenvalue weighted by Crippen LogP contribution is -2.50. The molecule has 0 radical (unpaired) electrons. The fourth-order valence-corrected chi connectivity index (χ4v) is 3.69. The van der Waals surface area contributed by atoms with E-state index in [4.69, 9.17) is 16.3 Å². The van der Waals surface area contributed by atoms with Crippen molar-refractivity contribution in [3.63, 3.8) is 0 Å². The van der Waals surface area contributed by atoms with Crippen molar-refractivity contribution in [1.29, 1.82) is 0 Å². The van der Waals surface area contributed by atoms with E-state index in [2.05, 4.69) is 15.9 Å². The molecule has 1 aliphatic heterocycles. The Morgan fingerprint density at radius 2 is 1.80 bits per heavy atom. The molecule has 3 rings (SSSR count). The summed E-state index contributed by atoms with van der Waals surface area (Å²) in [7, 11) is 0. The predicted octanol–water partition coefficient (Wildman–Crippen LogP) is 3.95. The zero-order valence-electron chi connectivity index (χ0n) is 16.2. The monoisotopic (exact) mass is 496 g/mol. The first-order valence-electron chi connectivity index (χ1n) is 9.21. The third-order valence-electron chi connectivity index (χ3n) is 4.80. The summed E-state index contributed by atoms with van der Waals surface area (Å²) >= 11 is 9.26. The van der Waals surface area contributed by atoms with Crippen molar-refractivity contribution < 1.29 is 23.5 Å². The first-order chi connectivity index (χ1) is 14.3. The summed E-state index contributed by atoms with van der Waals surface area (Å²) in [6.45, 7) is 2.56. The average molecular weight is 498 g/mol. The number of esters is 1. The molecule has 1 amide bonds. The Bertz CT molecular complexity index is 993. The highest BCUT2D eigenvalue weighted by Crippen LogP contribution is 2.23. The number of anilines is 1. The van der Waals surface area contributed by atoms with Crippen LogP contribution in [-0.2, 0) is 9.53 Å². The molecule has 0 aliphatic carbocycles. The van der Waals surface area contributed by atoms with Gasteiger partial charge in [0.05, 0.1) is 16.3 Å². The number of amides is 1. The first kappa shape index (κ1) is 22.2. The highest BCUT2D eigenvalue weighted by atomic mass is 79.9. The molecule has 0 spiro atoms. The molecule has 1 aliphatic rings. The van der Waals surface area contributed by atoms with E-state index in [0.29, 0.717) is 41.9 Å². The molecule has 1 saturated heterocycles. The van der Waals surface area contributed by atoms with Gasteiger partial charge >= 0.3 is 5.97 Å². The van der Waals surface area contributed by atoms with Crippen LogP contribution in [0.2, 0.25) is 5.02 Å². The molecule has 0 aromatic heterocycles. The van der Waals surface area contributed by atoms with E-state index >= 15 is 0 Å². The lowest BCUT2D eigenvalue weighted by molar-refractivity contribution is -0.134. The maximum absolute atomic E-state index is 14.3. The quantitative estimate of drug-likeness (QED) is 0.462. The Morgan fingerprint density at radius 1 is 1.10 bits per heavy atom. The minimum Gasteiger partial charge on any atom is -0.452 e. The molecule has 9 heteroatoms. The van der Waals surface area contributed by atoms with Gasteiger partial charge in [0.25, 0.3) is 5.91 Å². The average Bonchev–Trinajstić information content (AvgIpc) is 2.73. The molecule has 0 unspecified atom stereocenters. The van der Waals surface area contributed by atoms with Gasteiger partial charge < -0.3 is 14.5 Å². The Labute approximate surface area is 186 Å². The Hall–Kier alpha value is -2.45. The number of rotatable bonds is 5. The number of nitrogens with zero attached hydrogens (tertiary/aromatic N) is 2. The smallest absolute Gasteiger partial charge is 0.340 e. The SMILES string of the molecule is CC(=O)c1ccc(N2CCN(C(=O)COC(=O)c3cc(Br)ccc3Cl)CC2)c(F)c1. The lowest BCUT2D eigenvalue weighted by atomic mass is 10.1. The number of piperazine rings is 1. The number of ketones is 1. The highest BCUT2D eigenvalue weighted by molar-refractivity contribution is 9.10. The van der Waals surface area contributed by atoms with Crippen LogP contribution in [0.15, 0.2) is 40.9 Å². The predicted molar refractivity (Wildman–Crippen MR) is 115 cm³/mol. The Kier molecular flexibility index (Phi) is 7.10. The number of ether oxygens (including phenoxy) is 1. The van der Waals surface area contributed by atoms with Gasteiger partial charge in [0.15, 0.2) is 12.4 Å². The highest BCUT2D eigenvalue weighted by Gasteiger charge is 2.24. The fourth-order valence-electron chi connectivity index (χ4n) is 3.13. The van der Waals surface area contributed by atoms with E-state index in [1.165, 1.54) is 19.1 Å². The minimum absolute atomic E-state index is 0.174. The van der Waals surface area contributed by atoms with E-state index in [0.717, 1.165) is 0 Å². The number of Topliss-reactive ketones (excluding diaryl/α,β-unsaturated/α-hetero) is 1. The molecule has 30 heavy (non-hydrogen) atoms. The molecule has 158 valence electrons. The number of benzene rings is 2. The van der Waals surface area contributed by atoms with Crippen LogP contribution in [0.25, 0.3) is 0 Å². The van der Waals surface area contributed by atoms with Crippen molar-refractivity contribution in [1.82, 2.24) is 4.90 Å². The molecule has 0 atom stereocenters. The van der Waals surface area contributed by atoms with Crippen molar-refractivity contribution in [3.8, 4) is 0 Å². The topological polar surface area (TPSA) is 66.9 Å². The maximum Gasteiger partial charge on any atom is 0.340 e. The molecule has 2 aromatic rings. The number of halogens is 3. The van der Waals surface area contributed by atoms with Crippen LogP contribution < -0.4 is 4.90 Å². The molecule has 0 saturated carbocycles. The Morgan fingerprint density at radius 3 is 2.43 bits per heavy atom. The van der Waals surface area contributed by atoms with Crippen LogP contribution in [0.3, 0.4) is 0 Å². The molecule has 1 fully saturated rings. The number of hydrogen-bond donors (Lipinski definition) is 0. The summed E-state index contributed by atoms with van der Waals surface area (Å²) < 4.78 is 20.1. The van der Waals surface area contributed by atoms with Gasteiger partial charge in [-0.15, -0.1) is 0 Å². The fraction of sp³-hybridized carbons (Fsp3) is 0.286. The van der Waals surface area contributed by atoms with Crippen molar-refractivity contribution in [3.05, 3.63) is 62.8 Å². The van der Waals surface area contributed by atoms with E-state index in [-0.39, 0.29) is 22.3 Å². The van der Waals surface area contributed by atoms with E-state index in [9.17, 15) is 18.8 Å². The zero-order chi connectivity index (χ0) is 21.8. The zero-order valence-corrected chi connectivity index (χ0v) is 18.5. The van der Waals surface area contributed by atoms with Crippen molar-refractivity contribution in [2.24, 2.45) is 0 Å². The summed E-state index contributed by atoms with van der Waals surface area (Å²) in [6, 6.07) is 9.17. The molecule has 0 N–H and O–H groups in total. The number of hydrogen-bond acceptors (Lipinski definition) is 5. The van der Waals surface area contributed by atoms with Gasteiger partial charge in [-0.1, -0.05) is 27.5 Å². The molecule has 0 bridgehead atoms. The standard InChI is InChI=1S/C21H19BrClFN2O4/c1-13(27)14-2-5-19(18(24)10-14)25-6-8-26(9-7-25)20(28)12-30-21(29)16-11-15(22)3-4-17(16)23/h2-5,10-11H,6-9,12H2,1H3. The van der Waals surface area contributed by atoms with Gasteiger partial charge in [0.2, 0.25) is 0 Å². The molecular formula is C21H19BrClFN2O4. The van der Waals surface area contributed by atoms with Gasteiger partial charge in [0, 0.05) is 36.2 Å². The minimum atomic E-state index is -0.680. The van der Waals surface area contributed by atoms with Crippen molar-refractivity contribution in [2.45, 2.75) is 6.92 Å². The largest absolute Gasteiger partial charge is 0.452 e. The molecular weight excluding hydrogens is 479 g/mol. The van der Waals surface area contributed by atoms with Gasteiger partial charge in [0.1, 0.15) is 5.82 Å². The summed E-state index contributed by atoms with van der Waals surface area (Å²) in [4.78, 5) is 39.3. The van der Waals surface area contributed by atoms with E-state index < -0.39 is 18.4 Å². The van der Waals surface area contributed by atoms with E-state index in [1.807, 2.05) is 4.90 Å². The van der Waals surface area contributed by atoms with Gasteiger partial charge in [-0.25, -0.2) is 9.18 Å². The van der Waals surface area contributed by atoms with Crippen LogP contribution in [0.1, 0.15) is 27.6 Å². The van der Waals surface area contributed by atoms with Crippen LogP contribution in [0, 0.1) is 5.82 Å². The third-order valence-corrected chi connectivity index (χ3v) is 5.63. The van der Waals surface area contributed by atoms with Crippen LogP contribution in [0.5, 0.6) is 0 Å². The van der Waals surface area contributed by atoms with Gasteiger partial charge in [-0.05, 0) is 43.3 Å². The molecule has 2 aromatic carbocycles. The second kappa shape index (κ2) is 9.57. The second-order valence-corrected chi connectivity index (χ2v) is 8.11. The lowest BCUT2D eigenvalue weighted by Gasteiger charge is -2.36. The maximum atomic E-state index is 14.3. The van der Waals surface area contributed by atoms with Crippen LogP contribution >= 0.6 is 27.5 Å². The number of carbonyl (C=O) groups excluding carboxylic acids is 3. The summed E-state index contributed by atoms with van der Waals surface area (Å²) in [5.41, 5.74) is 0.883. The summed E-state index contributed by atoms with van der Waals surface area (Å²) in [5.74, 6) is -1.68. The first-order valence-corrected chi connectivity index (χ1v) is 10.4. The summed E-state index contributed by atoms with van der Waals surface area (Å²) in [6.07, 6.45) is 0. The number of carbonyl (C=O) groups is 3. The molecule has 6 nitrogen and oxygen atoms in total. The third kappa shape index (κ3) is 5.17. The van der Waals surface area contributed by atoms with Gasteiger partial charge in [-0.2, -0.15) is 0 Å². The van der Waals surface area contributed by atoms with Crippen molar-refractivity contribution >= 4 is 50.9 Å². The van der Waals surface area contributed by atoms with Crippen LogP contribution in [0.4, 0.5) is 10.1 Å². The normalized spacial score (nSPS) is 13.9. The second-order valence-electron chi connectivity index (χ2n) is 6.79. The Balaban J connectivity index is 1.53. The molecule has 1 heterocycles. The van der Waals surface area contributed by atoms with E-state index in [1.54, 1.807) is 29.2 Å². The van der Waals surface area contributed by atoms with Crippen LogP contribution in [-0.4, -0.2) is 55.3 Å². The van der Waals surface area contributed by atoms with Gasteiger partial charge in [-0.3, -0.25) is 9.59 Å². The van der Waals surface area contributed by atoms with Crippen molar-refractivity contribution in [2.75, 3.05) is 37.7 Å². The summed E-state index contributed by atoms with van der Waals surface area (Å²) in [5, 5.41) is 0.238.